The van der Waals surface area contributed by atoms with Crippen molar-refractivity contribution in [3.05, 3.63) is 51.3 Å². The second-order valence-electron chi connectivity index (χ2n) is 5.97. The van der Waals surface area contributed by atoms with Gasteiger partial charge in [0, 0.05) is 10.7 Å². The minimum absolute atomic E-state index is 0.197. The first-order chi connectivity index (χ1) is 13.3. The van der Waals surface area contributed by atoms with E-state index < -0.39 is 17.8 Å². The number of aromatic nitrogens is 1. The number of hydrogen-bond acceptors (Lipinski definition) is 5. The number of carbonyl (C=O) groups is 3. The van der Waals surface area contributed by atoms with Crippen LogP contribution < -0.4 is 15.6 Å². The zero-order valence-electron chi connectivity index (χ0n) is 16.1. The number of aromatic amines is 1. The summed E-state index contributed by atoms with van der Waals surface area (Å²) >= 11 is 5.89. The Bertz CT molecular complexity index is 907. The summed E-state index contributed by atoms with van der Waals surface area (Å²) in [6.07, 6.45) is 1.21. The van der Waals surface area contributed by atoms with E-state index in [1.54, 1.807) is 6.92 Å². The van der Waals surface area contributed by atoms with E-state index in [0.29, 0.717) is 28.3 Å². The molecule has 2 aromatic rings. The van der Waals surface area contributed by atoms with Gasteiger partial charge in [-0.2, -0.15) is 0 Å². The maximum absolute atomic E-state index is 12.6. The van der Waals surface area contributed by atoms with Gasteiger partial charge in [-0.05, 0) is 37.1 Å². The number of aryl methyl sites for hydroxylation is 1. The Hall–Kier alpha value is -3.00. The molecule has 1 aromatic heterocycles. The molecular formula is C19H22ClN3O5. The lowest BCUT2D eigenvalue weighted by molar-refractivity contribution is 0.0598. The monoisotopic (exact) mass is 407 g/mol. The number of halogens is 1. The molecule has 2 amide bonds. The normalized spacial score (nSPS) is 10.3. The third kappa shape index (κ3) is 4.45. The Morgan fingerprint density at radius 2 is 1.82 bits per heavy atom. The minimum Gasteiger partial charge on any atom is -0.496 e. The predicted molar refractivity (Wildman–Crippen MR) is 104 cm³/mol. The zero-order valence-corrected chi connectivity index (χ0v) is 16.8. The fourth-order valence-electron chi connectivity index (χ4n) is 2.84. The van der Waals surface area contributed by atoms with Gasteiger partial charge in [-0.25, -0.2) is 4.79 Å². The number of rotatable bonds is 6. The molecule has 0 radical (unpaired) electrons. The lowest BCUT2D eigenvalue weighted by Crippen LogP contribution is -2.42. The van der Waals surface area contributed by atoms with Crippen molar-refractivity contribution in [3.63, 3.8) is 0 Å². The summed E-state index contributed by atoms with van der Waals surface area (Å²) in [4.78, 5) is 39.9. The van der Waals surface area contributed by atoms with E-state index >= 15 is 0 Å². The lowest BCUT2D eigenvalue weighted by atomic mass is 10.0. The highest BCUT2D eigenvalue weighted by Gasteiger charge is 2.25. The van der Waals surface area contributed by atoms with E-state index in [1.807, 2.05) is 6.92 Å². The number of ether oxygens (including phenoxy) is 2. The number of benzene rings is 1. The van der Waals surface area contributed by atoms with Gasteiger partial charge in [-0.15, -0.1) is 0 Å². The molecule has 3 N–H and O–H groups in total. The van der Waals surface area contributed by atoms with Crippen LogP contribution in [0.4, 0.5) is 0 Å². The lowest BCUT2D eigenvalue weighted by Gasteiger charge is -2.11. The van der Waals surface area contributed by atoms with Crippen LogP contribution in [0.15, 0.2) is 18.2 Å². The first-order valence-electron chi connectivity index (χ1n) is 8.57. The van der Waals surface area contributed by atoms with Crippen molar-refractivity contribution < 1.29 is 23.9 Å². The van der Waals surface area contributed by atoms with Crippen molar-refractivity contribution in [2.75, 3.05) is 14.2 Å². The van der Waals surface area contributed by atoms with Crippen LogP contribution in [0.3, 0.4) is 0 Å². The minimum atomic E-state index is -0.581. The van der Waals surface area contributed by atoms with Crippen molar-refractivity contribution in [2.24, 2.45) is 0 Å². The van der Waals surface area contributed by atoms with Crippen molar-refractivity contribution in [1.82, 2.24) is 15.8 Å². The van der Waals surface area contributed by atoms with Gasteiger partial charge in [-0.1, -0.05) is 24.9 Å². The number of H-pyrrole nitrogens is 1. The van der Waals surface area contributed by atoms with Crippen LogP contribution in [0.2, 0.25) is 5.02 Å². The predicted octanol–water partition coefficient (Wildman–Crippen LogP) is 2.80. The molecule has 1 heterocycles. The van der Waals surface area contributed by atoms with Gasteiger partial charge in [0.1, 0.15) is 11.4 Å². The molecule has 0 saturated heterocycles. The van der Waals surface area contributed by atoms with Crippen molar-refractivity contribution in [2.45, 2.75) is 26.7 Å². The largest absolute Gasteiger partial charge is 0.496 e. The fourth-order valence-corrected chi connectivity index (χ4v) is 3.01. The summed E-state index contributed by atoms with van der Waals surface area (Å²) in [6, 6.07) is 4.52. The summed E-state index contributed by atoms with van der Waals surface area (Å²) in [5.41, 5.74) is 6.49. The van der Waals surface area contributed by atoms with Gasteiger partial charge < -0.3 is 14.5 Å². The zero-order chi connectivity index (χ0) is 20.8. The average Bonchev–Trinajstić information content (AvgIpc) is 3.01. The Morgan fingerprint density at radius 1 is 1.14 bits per heavy atom. The first kappa shape index (κ1) is 21.3. The molecule has 0 aliphatic rings. The Morgan fingerprint density at radius 3 is 2.43 bits per heavy atom. The second-order valence-corrected chi connectivity index (χ2v) is 6.41. The molecule has 0 saturated carbocycles. The number of nitrogens with one attached hydrogen (secondary N) is 3. The van der Waals surface area contributed by atoms with Crippen molar-refractivity contribution >= 4 is 29.4 Å². The molecule has 0 atom stereocenters. The molecule has 9 heteroatoms. The smallest absolute Gasteiger partial charge is 0.339 e. The maximum atomic E-state index is 12.6. The molecule has 0 spiro atoms. The Labute approximate surface area is 167 Å². The van der Waals surface area contributed by atoms with E-state index in [9.17, 15) is 14.4 Å². The number of esters is 1. The molecule has 0 aliphatic heterocycles. The third-order valence-electron chi connectivity index (χ3n) is 4.11. The van der Waals surface area contributed by atoms with Crippen LogP contribution in [0.1, 0.15) is 55.8 Å². The molecule has 8 nitrogen and oxygen atoms in total. The van der Waals surface area contributed by atoms with Crippen LogP contribution in [0, 0.1) is 6.92 Å². The molecule has 1 aromatic carbocycles. The standard InChI is InChI=1S/C19H22ClN3O5/c1-5-6-13-15(19(26)28-4)10(2)21-16(13)18(25)23-22-17(24)12-8-7-11(20)9-14(12)27-3/h7-9,21H,5-6H2,1-4H3,(H,22,24)(H,23,25). The first-order valence-corrected chi connectivity index (χ1v) is 8.95. The second kappa shape index (κ2) is 9.27. The van der Waals surface area contributed by atoms with Crippen molar-refractivity contribution in [1.29, 1.82) is 0 Å². The van der Waals surface area contributed by atoms with E-state index in [0.717, 1.165) is 6.42 Å². The summed E-state index contributed by atoms with van der Waals surface area (Å²) in [5, 5.41) is 0.416. The van der Waals surface area contributed by atoms with Gasteiger partial charge in [-0.3, -0.25) is 20.4 Å². The molecule has 0 aliphatic carbocycles. The Balaban J connectivity index is 2.22. The highest BCUT2D eigenvalue weighted by Crippen LogP contribution is 2.23. The van der Waals surface area contributed by atoms with Crippen LogP contribution in [-0.2, 0) is 11.2 Å². The van der Waals surface area contributed by atoms with E-state index in [1.165, 1.54) is 32.4 Å². The highest BCUT2D eigenvalue weighted by molar-refractivity contribution is 6.30. The number of methoxy groups -OCH3 is 2. The number of hydrazine groups is 1. The van der Waals surface area contributed by atoms with Gasteiger partial charge >= 0.3 is 5.97 Å². The maximum Gasteiger partial charge on any atom is 0.339 e. The van der Waals surface area contributed by atoms with E-state index in [4.69, 9.17) is 21.1 Å². The van der Waals surface area contributed by atoms with E-state index in [2.05, 4.69) is 15.8 Å². The molecule has 28 heavy (non-hydrogen) atoms. The molecule has 0 bridgehead atoms. The molecular weight excluding hydrogens is 386 g/mol. The van der Waals surface area contributed by atoms with Gasteiger partial charge in [0.05, 0.1) is 25.3 Å². The third-order valence-corrected chi connectivity index (χ3v) is 4.34. The summed E-state index contributed by atoms with van der Waals surface area (Å²) in [6.45, 7) is 3.61. The van der Waals surface area contributed by atoms with Gasteiger partial charge in [0.15, 0.2) is 0 Å². The molecule has 0 fully saturated rings. The quantitative estimate of drug-likeness (QED) is 0.504. The van der Waals surface area contributed by atoms with Crippen molar-refractivity contribution in [3.8, 4) is 5.75 Å². The van der Waals surface area contributed by atoms with Gasteiger partial charge in [0.25, 0.3) is 11.8 Å². The Kier molecular flexibility index (Phi) is 7.06. The molecule has 150 valence electrons. The highest BCUT2D eigenvalue weighted by atomic mass is 35.5. The number of carbonyl (C=O) groups excluding carboxylic acids is 3. The summed E-state index contributed by atoms with van der Waals surface area (Å²) < 4.78 is 9.94. The van der Waals surface area contributed by atoms with Crippen LogP contribution in [-0.4, -0.2) is 37.0 Å². The fraction of sp³-hybridized carbons (Fsp3) is 0.316. The summed E-state index contributed by atoms with van der Waals surface area (Å²) in [5.74, 6) is -1.40. The van der Waals surface area contributed by atoms with Crippen LogP contribution in [0.25, 0.3) is 0 Å². The average molecular weight is 408 g/mol. The number of amides is 2. The van der Waals surface area contributed by atoms with E-state index in [-0.39, 0.29) is 17.0 Å². The topological polar surface area (TPSA) is 110 Å². The molecule has 2 rings (SSSR count). The van der Waals surface area contributed by atoms with Gasteiger partial charge in [0.2, 0.25) is 0 Å². The SMILES string of the molecule is CCCc1c(C(=O)NNC(=O)c2ccc(Cl)cc2OC)[nH]c(C)c1C(=O)OC. The van der Waals surface area contributed by atoms with Crippen LogP contribution in [0.5, 0.6) is 5.75 Å². The van der Waals surface area contributed by atoms with Crippen LogP contribution >= 0.6 is 11.6 Å². The number of hydrogen-bond donors (Lipinski definition) is 3. The molecule has 0 unspecified atom stereocenters. The summed E-state index contributed by atoms with van der Waals surface area (Å²) in [7, 11) is 2.69.